The van der Waals surface area contributed by atoms with Gasteiger partial charge in [-0.1, -0.05) is 6.07 Å². The molecule has 0 saturated carbocycles. The molecule has 5 nitrogen and oxygen atoms in total. The van der Waals surface area contributed by atoms with E-state index >= 15 is 0 Å². The summed E-state index contributed by atoms with van der Waals surface area (Å²) in [5.74, 6) is 0.837. The van der Waals surface area contributed by atoms with Gasteiger partial charge in [0.05, 0.1) is 6.54 Å². The van der Waals surface area contributed by atoms with Crippen molar-refractivity contribution in [1.82, 2.24) is 9.80 Å². The van der Waals surface area contributed by atoms with Crippen molar-refractivity contribution in [2.45, 2.75) is 0 Å². The second-order valence-corrected chi connectivity index (χ2v) is 4.45. The molecule has 0 spiro atoms. The van der Waals surface area contributed by atoms with Gasteiger partial charge < -0.3 is 15.4 Å². The van der Waals surface area contributed by atoms with Gasteiger partial charge in [-0.3, -0.25) is 9.69 Å². The number of nitrogens with two attached hydrogens (primary N) is 1. The molecule has 0 heterocycles. The lowest BCUT2D eigenvalue weighted by Gasteiger charge is -2.19. The minimum Gasteiger partial charge on any atom is -0.492 e. The quantitative estimate of drug-likeness (QED) is 0.755. The number of nitrogen functional groups attached to an aromatic ring is 1. The number of likely N-dealkylation sites (N-methyl/N-ethyl adjacent to an activating group) is 2. The summed E-state index contributed by atoms with van der Waals surface area (Å²) in [5.41, 5.74) is 6.33. The summed E-state index contributed by atoms with van der Waals surface area (Å²) in [6, 6.07) is 7.31. The molecule has 0 aliphatic rings. The molecule has 100 valence electrons. The zero-order valence-electron chi connectivity index (χ0n) is 11.2. The largest absolute Gasteiger partial charge is 0.492 e. The number of hydrogen-bond donors (Lipinski definition) is 1. The Morgan fingerprint density at radius 2 is 2.06 bits per heavy atom. The highest BCUT2D eigenvalue weighted by Gasteiger charge is 2.07. The van der Waals surface area contributed by atoms with Crippen molar-refractivity contribution < 1.29 is 9.53 Å². The molecule has 0 aromatic heterocycles. The minimum absolute atomic E-state index is 0.0847. The van der Waals surface area contributed by atoms with Gasteiger partial charge in [0, 0.05) is 32.4 Å². The molecule has 1 amide bonds. The van der Waals surface area contributed by atoms with E-state index in [1.807, 2.05) is 30.1 Å². The Labute approximate surface area is 108 Å². The van der Waals surface area contributed by atoms with Crippen LogP contribution in [0.1, 0.15) is 0 Å². The summed E-state index contributed by atoms with van der Waals surface area (Å²) in [6.07, 6.45) is 0. The molecule has 0 unspecified atom stereocenters. The van der Waals surface area contributed by atoms with Crippen LogP contribution in [0.2, 0.25) is 0 Å². The smallest absolute Gasteiger partial charge is 0.236 e. The maximum Gasteiger partial charge on any atom is 0.236 e. The highest BCUT2D eigenvalue weighted by atomic mass is 16.5. The molecule has 1 aromatic carbocycles. The number of carbonyl (C=O) groups excluding carboxylic acids is 1. The number of benzene rings is 1. The summed E-state index contributed by atoms with van der Waals surface area (Å²) in [6.45, 7) is 1.61. The molecule has 0 aliphatic carbocycles. The van der Waals surface area contributed by atoms with Crippen LogP contribution in [0.3, 0.4) is 0 Å². The first-order valence-electron chi connectivity index (χ1n) is 5.86. The Morgan fingerprint density at radius 1 is 1.33 bits per heavy atom. The summed E-state index contributed by atoms with van der Waals surface area (Å²) in [4.78, 5) is 15.0. The number of amides is 1. The van der Waals surface area contributed by atoms with Crippen molar-refractivity contribution in [3.05, 3.63) is 24.3 Å². The first-order valence-corrected chi connectivity index (χ1v) is 5.86. The van der Waals surface area contributed by atoms with Crippen LogP contribution in [0.5, 0.6) is 5.75 Å². The van der Waals surface area contributed by atoms with E-state index in [1.54, 1.807) is 25.1 Å². The highest BCUT2D eigenvalue weighted by Crippen LogP contribution is 2.14. The average Bonchev–Trinajstić information content (AvgIpc) is 2.28. The zero-order chi connectivity index (χ0) is 13.5. The van der Waals surface area contributed by atoms with E-state index in [0.29, 0.717) is 25.4 Å². The van der Waals surface area contributed by atoms with Crippen molar-refractivity contribution in [2.24, 2.45) is 0 Å². The van der Waals surface area contributed by atoms with Gasteiger partial charge in [-0.2, -0.15) is 0 Å². The Kier molecular flexibility index (Phi) is 5.45. The van der Waals surface area contributed by atoms with Crippen molar-refractivity contribution in [3.8, 4) is 5.75 Å². The Morgan fingerprint density at radius 3 is 2.67 bits per heavy atom. The topological polar surface area (TPSA) is 58.8 Å². The number of anilines is 1. The van der Waals surface area contributed by atoms with Crippen LogP contribution >= 0.6 is 0 Å². The predicted octanol–water partition coefficient (Wildman–Crippen LogP) is 0.668. The SMILES string of the molecule is CN(CCOc1cccc(N)c1)CC(=O)N(C)C. The highest BCUT2D eigenvalue weighted by molar-refractivity contribution is 5.77. The third-order valence-corrected chi connectivity index (χ3v) is 2.50. The van der Waals surface area contributed by atoms with Gasteiger partial charge in [-0.25, -0.2) is 0 Å². The first kappa shape index (κ1) is 14.3. The molecule has 2 N–H and O–H groups in total. The fraction of sp³-hybridized carbons (Fsp3) is 0.462. The van der Waals surface area contributed by atoms with E-state index < -0.39 is 0 Å². The zero-order valence-corrected chi connectivity index (χ0v) is 11.2. The molecular weight excluding hydrogens is 230 g/mol. The van der Waals surface area contributed by atoms with Crippen molar-refractivity contribution in [2.75, 3.05) is 46.6 Å². The fourth-order valence-electron chi connectivity index (χ4n) is 1.38. The standard InChI is InChI=1S/C13H21N3O2/c1-15(2)13(17)10-16(3)7-8-18-12-6-4-5-11(14)9-12/h4-6,9H,7-8,10,14H2,1-3H3. The third kappa shape index (κ3) is 5.05. The number of carbonyl (C=O) groups is 1. The number of hydrogen-bond acceptors (Lipinski definition) is 4. The van der Waals surface area contributed by atoms with Gasteiger partial charge in [0.2, 0.25) is 5.91 Å². The van der Waals surface area contributed by atoms with Gasteiger partial charge in [-0.05, 0) is 19.2 Å². The van der Waals surface area contributed by atoms with Crippen molar-refractivity contribution in [1.29, 1.82) is 0 Å². The number of ether oxygens (including phenoxy) is 1. The van der Waals surface area contributed by atoms with Gasteiger partial charge >= 0.3 is 0 Å². The minimum atomic E-state index is 0.0847. The molecule has 18 heavy (non-hydrogen) atoms. The van der Waals surface area contributed by atoms with Crippen LogP contribution < -0.4 is 10.5 Å². The molecule has 0 atom stereocenters. The molecular formula is C13H21N3O2. The maximum atomic E-state index is 11.5. The van der Waals surface area contributed by atoms with Crippen LogP contribution in [-0.4, -0.2) is 56.5 Å². The second-order valence-electron chi connectivity index (χ2n) is 4.45. The van der Waals surface area contributed by atoms with E-state index in [2.05, 4.69) is 0 Å². The number of nitrogens with zero attached hydrogens (tertiary/aromatic N) is 2. The van der Waals surface area contributed by atoms with Gasteiger partial charge in [-0.15, -0.1) is 0 Å². The third-order valence-electron chi connectivity index (χ3n) is 2.50. The van der Waals surface area contributed by atoms with Gasteiger partial charge in [0.25, 0.3) is 0 Å². The predicted molar refractivity (Wildman–Crippen MR) is 72.5 cm³/mol. The molecule has 5 heteroatoms. The summed E-state index contributed by atoms with van der Waals surface area (Å²) < 4.78 is 5.55. The lowest BCUT2D eigenvalue weighted by molar-refractivity contribution is -0.129. The second kappa shape index (κ2) is 6.86. The van der Waals surface area contributed by atoms with E-state index in [-0.39, 0.29) is 5.91 Å². The molecule has 0 bridgehead atoms. The van der Waals surface area contributed by atoms with E-state index in [9.17, 15) is 4.79 Å². The molecule has 0 saturated heterocycles. The Hall–Kier alpha value is -1.75. The summed E-state index contributed by atoms with van der Waals surface area (Å²) >= 11 is 0. The Balaban J connectivity index is 2.27. The van der Waals surface area contributed by atoms with E-state index in [1.165, 1.54) is 0 Å². The van der Waals surface area contributed by atoms with Crippen LogP contribution in [-0.2, 0) is 4.79 Å². The number of rotatable bonds is 6. The van der Waals surface area contributed by atoms with Crippen LogP contribution in [0.4, 0.5) is 5.69 Å². The molecule has 1 aromatic rings. The van der Waals surface area contributed by atoms with Crippen LogP contribution in [0.15, 0.2) is 24.3 Å². The molecule has 1 rings (SSSR count). The van der Waals surface area contributed by atoms with Gasteiger partial charge in [0.1, 0.15) is 12.4 Å². The van der Waals surface area contributed by atoms with E-state index in [4.69, 9.17) is 10.5 Å². The van der Waals surface area contributed by atoms with Crippen molar-refractivity contribution in [3.63, 3.8) is 0 Å². The monoisotopic (exact) mass is 251 g/mol. The molecule has 0 radical (unpaired) electrons. The lowest BCUT2D eigenvalue weighted by Crippen LogP contribution is -2.36. The molecule has 0 aliphatic heterocycles. The average molecular weight is 251 g/mol. The normalized spacial score (nSPS) is 10.4. The van der Waals surface area contributed by atoms with Gasteiger partial charge in [0.15, 0.2) is 0 Å². The van der Waals surface area contributed by atoms with E-state index in [0.717, 1.165) is 5.75 Å². The Bertz CT molecular complexity index is 394. The lowest BCUT2D eigenvalue weighted by atomic mass is 10.3. The van der Waals surface area contributed by atoms with Crippen molar-refractivity contribution >= 4 is 11.6 Å². The van der Waals surface area contributed by atoms with Crippen LogP contribution in [0, 0.1) is 0 Å². The first-order chi connectivity index (χ1) is 8.49. The molecule has 0 fully saturated rings. The maximum absolute atomic E-state index is 11.5. The van der Waals surface area contributed by atoms with Crippen LogP contribution in [0.25, 0.3) is 0 Å². The summed E-state index contributed by atoms with van der Waals surface area (Å²) in [7, 11) is 5.39. The fourth-order valence-corrected chi connectivity index (χ4v) is 1.38. The summed E-state index contributed by atoms with van der Waals surface area (Å²) in [5, 5.41) is 0.